The van der Waals surface area contributed by atoms with Gasteiger partial charge in [-0.3, -0.25) is 4.79 Å². The predicted octanol–water partition coefficient (Wildman–Crippen LogP) is -1.31. The maximum atomic E-state index is 10.4. The van der Waals surface area contributed by atoms with Gasteiger partial charge < -0.3 is 9.96 Å². The van der Waals surface area contributed by atoms with Crippen molar-refractivity contribution in [3.8, 4) is 0 Å². The molecule has 4 heteroatoms. The van der Waals surface area contributed by atoms with Crippen LogP contribution in [-0.4, -0.2) is 27.1 Å². The molecule has 0 aliphatic rings. The summed E-state index contributed by atoms with van der Waals surface area (Å²) in [6.45, 7) is 2.54. The molecule has 46 valence electrons. The third-order valence-electron chi connectivity index (χ3n) is 0.626. The van der Waals surface area contributed by atoms with Crippen LogP contribution in [0.5, 0.6) is 0 Å². The van der Waals surface area contributed by atoms with Crippen LogP contribution in [0.25, 0.3) is 0 Å². The Hall–Kier alpha value is -0.505. The first-order chi connectivity index (χ1) is 3.81. The monoisotopic (exact) mass is 115 g/mol. The maximum Gasteiger partial charge on any atom is 0.318 e. The van der Waals surface area contributed by atoms with Crippen LogP contribution in [0.3, 0.4) is 0 Å². The molecule has 0 aliphatic carbocycles. The SMILES string of the molecule is BNCC(=O)OCC. The van der Waals surface area contributed by atoms with Crippen molar-refractivity contribution in [2.75, 3.05) is 13.2 Å². The highest BCUT2D eigenvalue weighted by Gasteiger charge is 1.94. The second kappa shape index (κ2) is 4.65. The number of rotatable bonds is 3. The van der Waals surface area contributed by atoms with Gasteiger partial charge in [-0.15, -0.1) is 0 Å². The summed E-state index contributed by atoms with van der Waals surface area (Å²) in [6.07, 6.45) is 0. The summed E-state index contributed by atoms with van der Waals surface area (Å²) in [5, 5.41) is 2.68. The Morgan fingerprint density at radius 1 is 1.88 bits per heavy atom. The molecule has 0 fully saturated rings. The van der Waals surface area contributed by atoms with Crippen molar-refractivity contribution in [2.45, 2.75) is 6.92 Å². The zero-order chi connectivity index (χ0) is 6.41. The van der Waals surface area contributed by atoms with Gasteiger partial charge in [-0.1, -0.05) is 0 Å². The highest BCUT2D eigenvalue weighted by Crippen LogP contribution is 1.71. The number of nitrogens with one attached hydrogen (secondary N) is 1. The molecular formula is C4H10BNO2. The van der Waals surface area contributed by atoms with Gasteiger partial charge in [-0.2, -0.15) is 0 Å². The van der Waals surface area contributed by atoms with Gasteiger partial charge in [0.05, 0.1) is 13.2 Å². The van der Waals surface area contributed by atoms with E-state index in [2.05, 4.69) is 9.96 Å². The molecule has 0 rings (SSSR count). The lowest BCUT2D eigenvalue weighted by Gasteiger charge is -1.97. The zero-order valence-corrected chi connectivity index (χ0v) is 5.23. The first kappa shape index (κ1) is 7.49. The maximum absolute atomic E-state index is 10.4. The summed E-state index contributed by atoms with van der Waals surface area (Å²) in [5.41, 5.74) is 0. The third kappa shape index (κ3) is 3.68. The Balaban J connectivity index is 3.06. The van der Waals surface area contributed by atoms with E-state index in [-0.39, 0.29) is 5.97 Å². The lowest BCUT2D eigenvalue weighted by molar-refractivity contribution is -0.141. The molecule has 0 aromatic carbocycles. The molecule has 0 bridgehead atoms. The third-order valence-corrected chi connectivity index (χ3v) is 0.626. The molecule has 0 atom stereocenters. The first-order valence-electron chi connectivity index (χ1n) is 2.61. The van der Waals surface area contributed by atoms with Gasteiger partial charge in [0.15, 0.2) is 7.98 Å². The molecule has 0 saturated heterocycles. The largest absolute Gasteiger partial charge is 0.465 e. The van der Waals surface area contributed by atoms with Crippen molar-refractivity contribution in [3.05, 3.63) is 0 Å². The van der Waals surface area contributed by atoms with Crippen LogP contribution in [0.15, 0.2) is 0 Å². The summed E-state index contributed by atoms with van der Waals surface area (Å²) >= 11 is 0. The van der Waals surface area contributed by atoms with Gasteiger partial charge in [0.1, 0.15) is 0 Å². The molecule has 0 heterocycles. The highest BCUT2D eigenvalue weighted by atomic mass is 16.5. The van der Waals surface area contributed by atoms with Crippen molar-refractivity contribution in [2.24, 2.45) is 0 Å². The summed E-state index contributed by atoms with van der Waals surface area (Å²) in [6, 6.07) is 0. The van der Waals surface area contributed by atoms with Gasteiger partial charge in [0.25, 0.3) is 0 Å². The van der Waals surface area contributed by atoms with Gasteiger partial charge in [0.2, 0.25) is 0 Å². The Labute approximate surface area is 49.8 Å². The zero-order valence-electron chi connectivity index (χ0n) is 5.23. The molecule has 0 saturated carbocycles. The van der Waals surface area contributed by atoms with Crippen molar-refractivity contribution in [3.63, 3.8) is 0 Å². The first-order valence-corrected chi connectivity index (χ1v) is 2.61. The quantitative estimate of drug-likeness (QED) is 0.366. The van der Waals surface area contributed by atoms with E-state index in [1.807, 2.05) is 0 Å². The summed E-state index contributed by atoms with van der Waals surface area (Å²) in [7, 11) is 1.71. The summed E-state index contributed by atoms with van der Waals surface area (Å²) in [4.78, 5) is 10.4. The van der Waals surface area contributed by atoms with E-state index < -0.39 is 0 Å². The van der Waals surface area contributed by atoms with Crippen LogP contribution in [0, 0.1) is 0 Å². The molecule has 0 aliphatic heterocycles. The Morgan fingerprint density at radius 3 is 2.88 bits per heavy atom. The smallest absolute Gasteiger partial charge is 0.318 e. The molecular weight excluding hydrogens is 105 g/mol. The van der Waals surface area contributed by atoms with Gasteiger partial charge in [-0.05, 0) is 6.92 Å². The molecule has 0 unspecified atom stereocenters. The van der Waals surface area contributed by atoms with E-state index in [9.17, 15) is 4.79 Å². The average molecular weight is 115 g/mol. The number of hydrogen-bond donors (Lipinski definition) is 1. The topological polar surface area (TPSA) is 38.3 Å². The van der Waals surface area contributed by atoms with Crippen molar-refractivity contribution in [1.82, 2.24) is 5.23 Å². The molecule has 0 aromatic heterocycles. The standard InChI is InChI=1S/C4H10BNO2/c1-2-8-4(7)3-6-5/h6H,2-3,5H2,1H3. The van der Waals surface area contributed by atoms with Crippen LogP contribution >= 0.6 is 0 Å². The van der Waals surface area contributed by atoms with E-state index in [0.717, 1.165) is 0 Å². The molecule has 0 radical (unpaired) electrons. The molecule has 0 spiro atoms. The number of carbonyl (C=O) groups excluding carboxylic acids is 1. The lowest BCUT2D eigenvalue weighted by atomic mass is 10.4. The molecule has 0 amide bonds. The summed E-state index contributed by atoms with van der Waals surface area (Å²) in [5.74, 6) is -0.199. The van der Waals surface area contributed by atoms with Crippen LogP contribution in [-0.2, 0) is 9.53 Å². The summed E-state index contributed by atoms with van der Waals surface area (Å²) < 4.78 is 4.58. The number of ether oxygens (including phenoxy) is 1. The fourth-order valence-electron chi connectivity index (χ4n) is 0.356. The second-order valence-corrected chi connectivity index (χ2v) is 1.34. The van der Waals surface area contributed by atoms with Crippen LogP contribution < -0.4 is 5.23 Å². The van der Waals surface area contributed by atoms with E-state index in [0.29, 0.717) is 13.2 Å². The van der Waals surface area contributed by atoms with Gasteiger partial charge in [-0.25, -0.2) is 0 Å². The molecule has 3 nitrogen and oxygen atoms in total. The Morgan fingerprint density at radius 2 is 2.50 bits per heavy atom. The van der Waals surface area contributed by atoms with E-state index in [1.165, 1.54) is 0 Å². The molecule has 0 aromatic rings. The minimum atomic E-state index is -0.199. The predicted molar refractivity (Wildman–Crippen MR) is 33.2 cm³/mol. The Bertz CT molecular complexity index is 68.4. The fourth-order valence-corrected chi connectivity index (χ4v) is 0.356. The highest BCUT2D eigenvalue weighted by molar-refractivity contribution is 6.05. The van der Waals surface area contributed by atoms with Crippen molar-refractivity contribution < 1.29 is 9.53 Å². The van der Waals surface area contributed by atoms with Crippen LogP contribution in [0.1, 0.15) is 6.92 Å². The molecule has 8 heavy (non-hydrogen) atoms. The van der Waals surface area contributed by atoms with Crippen molar-refractivity contribution in [1.29, 1.82) is 0 Å². The second-order valence-electron chi connectivity index (χ2n) is 1.34. The fraction of sp³-hybridized carbons (Fsp3) is 0.750. The Kier molecular flexibility index (Phi) is 4.36. The van der Waals surface area contributed by atoms with Crippen LogP contribution in [0.2, 0.25) is 0 Å². The van der Waals surface area contributed by atoms with Gasteiger partial charge in [0, 0.05) is 0 Å². The van der Waals surface area contributed by atoms with E-state index in [4.69, 9.17) is 0 Å². The number of esters is 1. The van der Waals surface area contributed by atoms with Crippen molar-refractivity contribution >= 4 is 14.0 Å². The number of hydrogen-bond acceptors (Lipinski definition) is 3. The normalized spacial score (nSPS) is 8.62. The van der Waals surface area contributed by atoms with Gasteiger partial charge >= 0.3 is 5.97 Å². The number of carbonyl (C=O) groups is 1. The minimum absolute atomic E-state index is 0.199. The van der Waals surface area contributed by atoms with Crippen LogP contribution in [0.4, 0.5) is 0 Å². The van der Waals surface area contributed by atoms with E-state index >= 15 is 0 Å². The molecule has 1 N–H and O–H groups in total. The average Bonchev–Trinajstić information content (AvgIpc) is 1.68. The van der Waals surface area contributed by atoms with E-state index in [1.54, 1.807) is 14.9 Å². The lowest BCUT2D eigenvalue weighted by Crippen LogP contribution is -2.21. The minimum Gasteiger partial charge on any atom is -0.465 e.